The van der Waals surface area contributed by atoms with Crippen LogP contribution in [0.3, 0.4) is 0 Å². The van der Waals surface area contributed by atoms with Gasteiger partial charge >= 0.3 is 12.4 Å². The van der Waals surface area contributed by atoms with Crippen LogP contribution in [-0.4, -0.2) is 33.8 Å². The number of carbonyl (C=O) groups excluding carboxylic acids is 1. The van der Waals surface area contributed by atoms with Crippen molar-refractivity contribution in [3.63, 3.8) is 0 Å². The van der Waals surface area contributed by atoms with Gasteiger partial charge in [-0.15, -0.1) is 0 Å². The van der Waals surface area contributed by atoms with Crippen molar-refractivity contribution >= 4 is 5.91 Å². The van der Waals surface area contributed by atoms with Gasteiger partial charge in [-0.3, -0.25) is 9.69 Å². The Balaban J connectivity index is 1.56. The van der Waals surface area contributed by atoms with Crippen molar-refractivity contribution in [2.45, 2.75) is 51.2 Å². The molecule has 0 aliphatic carbocycles. The summed E-state index contributed by atoms with van der Waals surface area (Å²) in [5.74, 6) is -0.128. The van der Waals surface area contributed by atoms with Crippen LogP contribution >= 0.6 is 0 Å². The molecule has 2 aromatic carbocycles. The van der Waals surface area contributed by atoms with Crippen molar-refractivity contribution in [2.24, 2.45) is 0 Å². The Kier molecular flexibility index (Phi) is 7.91. The molecule has 0 bridgehead atoms. The molecule has 1 fully saturated rings. The summed E-state index contributed by atoms with van der Waals surface area (Å²) in [6.07, 6.45) is -4.98. The van der Waals surface area contributed by atoms with Crippen molar-refractivity contribution in [3.8, 4) is 0 Å². The van der Waals surface area contributed by atoms with Gasteiger partial charge in [-0.1, -0.05) is 36.4 Å². The molecule has 0 unspecified atom stereocenters. The molecule has 1 amide bonds. The molecule has 0 radical (unpaired) electrons. The van der Waals surface area contributed by atoms with Crippen LogP contribution in [0.2, 0.25) is 0 Å². The number of likely N-dealkylation sites (tertiary alicyclic amines) is 1. The highest BCUT2D eigenvalue weighted by Crippen LogP contribution is 2.31. The highest BCUT2D eigenvalue weighted by atomic mass is 19.4. The second-order valence-electron chi connectivity index (χ2n) is 9.02. The van der Waals surface area contributed by atoms with Gasteiger partial charge in [0.05, 0.1) is 17.7 Å². The van der Waals surface area contributed by atoms with E-state index in [0.717, 1.165) is 43.5 Å². The van der Waals surface area contributed by atoms with Crippen LogP contribution < -0.4 is 0 Å². The number of oxazole rings is 1. The largest absolute Gasteiger partial charge is 0.447 e. The monoisotopic (exact) mass is 525 g/mol. The first-order chi connectivity index (χ1) is 17.5. The van der Waals surface area contributed by atoms with Gasteiger partial charge < -0.3 is 9.32 Å². The zero-order valence-corrected chi connectivity index (χ0v) is 19.8. The average Bonchev–Trinajstić information content (AvgIpc) is 3.32. The second-order valence-corrected chi connectivity index (χ2v) is 9.02. The van der Waals surface area contributed by atoms with Gasteiger partial charge in [-0.05, 0) is 42.5 Å². The lowest BCUT2D eigenvalue weighted by molar-refractivity contribution is -0.138. The normalized spacial score (nSPS) is 14.8. The molecule has 2 heterocycles. The number of carbonyl (C=O) groups is 1. The molecule has 1 aliphatic heterocycles. The zero-order chi connectivity index (χ0) is 26.6. The number of rotatable bonds is 7. The highest BCUT2D eigenvalue weighted by molar-refractivity contribution is 5.92. The first-order valence-electron chi connectivity index (χ1n) is 11.8. The number of halogens is 6. The molecule has 0 spiro atoms. The van der Waals surface area contributed by atoms with E-state index < -0.39 is 23.5 Å². The van der Waals surface area contributed by atoms with Crippen molar-refractivity contribution < 1.29 is 35.6 Å². The van der Waals surface area contributed by atoms with Crippen molar-refractivity contribution in [1.82, 2.24) is 14.8 Å². The highest BCUT2D eigenvalue weighted by Gasteiger charge is 2.31. The second kappa shape index (κ2) is 11.0. The fourth-order valence-corrected chi connectivity index (χ4v) is 4.31. The lowest BCUT2D eigenvalue weighted by Gasteiger charge is -2.25. The van der Waals surface area contributed by atoms with E-state index in [1.165, 1.54) is 30.5 Å². The van der Waals surface area contributed by atoms with Crippen LogP contribution in [0, 0.1) is 0 Å². The summed E-state index contributed by atoms with van der Waals surface area (Å²) in [5.41, 5.74) is -0.893. The summed E-state index contributed by atoms with van der Waals surface area (Å²) in [6, 6.07) is 9.48. The molecule has 3 aromatic rings. The Bertz CT molecular complexity index is 1160. The third-order valence-electron chi connectivity index (χ3n) is 6.09. The molecule has 0 N–H and O–H groups in total. The van der Waals surface area contributed by atoms with Gasteiger partial charge in [0, 0.05) is 26.2 Å². The predicted octanol–water partition coefficient (Wildman–Crippen LogP) is 6.54. The summed E-state index contributed by atoms with van der Waals surface area (Å²) < 4.78 is 84.7. The molecule has 1 aliphatic rings. The Hall–Kier alpha value is -3.34. The maximum atomic E-state index is 13.2. The van der Waals surface area contributed by atoms with Crippen LogP contribution in [0.25, 0.3) is 0 Å². The summed E-state index contributed by atoms with van der Waals surface area (Å²) in [5, 5.41) is 0. The maximum Gasteiger partial charge on any atom is 0.416 e. The number of aromatic nitrogens is 1. The number of alkyl halides is 6. The molecule has 11 heteroatoms. The van der Waals surface area contributed by atoms with Crippen molar-refractivity contribution in [1.29, 1.82) is 0 Å². The van der Waals surface area contributed by atoms with E-state index in [-0.39, 0.29) is 37.1 Å². The molecule has 198 valence electrons. The van der Waals surface area contributed by atoms with E-state index in [0.29, 0.717) is 24.2 Å². The van der Waals surface area contributed by atoms with Crippen LogP contribution in [0.4, 0.5) is 26.3 Å². The van der Waals surface area contributed by atoms with Gasteiger partial charge in [-0.2, -0.15) is 26.3 Å². The van der Waals surface area contributed by atoms with Gasteiger partial charge in [0.1, 0.15) is 6.26 Å². The zero-order valence-electron chi connectivity index (χ0n) is 19.8. The fourth-order valence-electron chi connectivity index (χ4n) is 4.31. The Morgan fingerprint density at radius 3 is 1.89 bits per heavy atom. The van der Waals surface area contributed by atoms with Crippen LogP contribution in [-0.2, 0) is 32.0 Å². The predicted molar refractivity (Wildman–Crippen MR) is 122 cm³/mol. The van der Waals surface area contributed by atoms with E-state index in [4.69, 9.17) is 4.42 Å². The summed E-state index contributed by atoms with van der Waals surface area (Å²) >= 11 is 0. The number of nitrogens with zero attached hydrogens (tertiary/aromatic N) is 3. The SMILES string of the molecule is O=C(c1coc(CN(Cc2cccc(C(F)(F)F)c2)Cc2cccc(C(F)(F)F)c2)n1)N1CCCCC1. The molecule has 1 aromatic heterocycles. The van der Waals surface area contributed by atoms with Crippen LogP contribution in [0.1, 0.15) is 57.9 Å². The number of amides is 1. The van der Waals surface area contributed by atoms with Crippen molar-refractivity contribution in [3.05, 3.63) is 88.6 Å². The van der Waals surface area contributed by atoms with E-state index in [9.17, 15) is 31.1 Å². The molecule has 1 saturated heterocycles. The van der Waals surface area contributed by atoms with E-state index in [1.54, 1.807) is 9.80 Å². The molecule has 5 nitrogen and oxygen atoms in total. The molecular weight excluding hydrogens is 500 g/mol. The Morgan fingerprint density at radius 1 is 0.838 bits per heavy atom. The third kappa shape index (κ3) is 7.12. The average molecular weight is 525 g/mol. The molecule has 37 heavy (non-hydrogen) atoms. The fraction of sp³-hybridized carbons (Fsp3) is 0.385. The molecule has 0 saturated carbocycles. The van der Waals surface area contributed by atoms with Gasteiger partial charge in [0.15, 0.2) is 5.69 Å². The Morgan fingerprint density at radius 2 is 1.38 bits per heavy atom. The van der Waals surface area contributed by atoms with Crippen LogP contribution in [0.5, 0.6) is 0 Å². The lowest BCUT2D eigenvalue weighted by Crippen LogP contribution is -2.35. The minimum Gasteiger partial charge on any atom is -0.447 e. The third-order valence-corrected chi connectivity index (χ3v) is 6.09. The summed E-state index contributed by atoms with van der Waals surface area (Å²) in [6.45, 7) is 1.19. The van der Waals surface area contributed by atoms with E-state index in [1.807, 2.05) is 0 Å². The molecule has 0 atom stereocenters. The van der Waals surface area contributed by atoms with Gasteiger partial charge in [0.25, 0.3) is 5.91 Å². The number of hydrogen-bond acceptors (Lipinski definition) is 4. The first kappa shape index (κ1) is 26.7. The molecular formula is C26H25F6N3O2. The van der Waals surface area contributed by atoms with Gasteiger partial charge in [-0.25, -0.2) is 4.98 Å². The standard InChI is InChI=1S/C26H25F6N3O2/c27-25(28,29)20-8-4-6-18(12-20)14-34(15-19-7-5-9-21(13-19)26(30,31)32)16-23-33-22(17-37-23)24(36)35-10-2-1-3-11-35/h4-9,12-13,17H,1-3,10-11,14-16H2. The van der Waals surface area contributed by atoms with Crippen molar-refractivity contribution in [2.75, 3.05) is 13.1 Å². The summed E-state index contributed by atoms with van der Waals surface area (Å²) in [7, 11) is 0. The topological polar surface area (TPSA) is 49.6 Å². The van der Waals surface area contributed by atoms with E-state index >= 15 is 0 Å². The lowest BCUT2D eigenvalue weighted by atomic mass is 10.1. The number of hydrogen-bond donors (Lipinski definition) is 0. The van der Waals surface area contributed by atoms with E-state index in [2.05, 4.69) is 4.98 Å². The molecule has 4 rings (SSSR count). The smallest absolute Gasteiger partial charge is 0.416 e. The number of benzene rings is 2. The van der Waals surface area contributed by atoms with Crippen LogP contribution in [0.15, 0.2) is 59.2 Å². The quantitative estimate of drug-likeness (QED) is 0.329. The Labute approximate surface area is 209 Å². The maximum absolute atomic E-state index is 13.2. The van der Waals surface area contributed by atoms with Gasteiger partial charge in [0.2, 0.25) is 5.89 Å². The summed E-state index contributed by atoms with van der Waals surface area (Å²) in [4.78, 5) is 20.3. The minimum absolute atomic E-state index is 0.0159. The number of piperidine rings is 1. The first-order valence-corrected chi connectivity index (χ1v) is 11.8. The minimum atomic E-state index is -4.53.